The van der Waals surface area contributed by atoms with E-state index in [0.717, 1.165) is 64.2 Å². The number of carbonyl (C=O) groups excluding carboxylic acids is 2. The maximum absolute atomic E-state index is 12.7. The van der Waals surface area contributed by atoms with Gasteiger partial charge in [-0.15, -0.1) is 0 Å². The van der Waals surface area contributed by atoms with Gasteiger partial charge in [0.15, 0.2) is 6.10 Å². The summed E-state index contributed by atoms with van der Waals surface area (Å²) >= 11 is 0. The Bertz CT molecular complexity index is 1470. The molecular weight excluding hydrogens is 854 g/mol. The summed E-state index contributed by atoms with van der Waals surface area (Å²) in [4.78, 5) is 52.8. The Balaban J connectivity index is 4.80. The van der Waals surface area contributed by atoms with E-state index in [1.54, 1.807) is 6.08 Å². The Kier molecular flexibility index (Phi) is 38.9. The van der Waals surface area contributed by atoms with Crippen molar-refractivity contribution in [3.63, 3.8) is 0 Å². The quantitative estimate of drug-likeness (QED) is 0.0145. The van der Waals surface area contributed by atoms with Crippen LogP contribution in [0.25, 0.3) is 0 Å². The van der Waals surface area contributed by atoms with E-state index in [1.165, 1.54) is 19.3 Å². The van der Waals surface area contributed by atoms with Gasteiger partial charge in [-0.2, -0.15) is 0 Å². The Morgan fingerprint density at radius 1 is 0.524 bits per heavy atom. The van der Waals surface area contributed by atoms with E-state index in [9.17, 15) is 38.9 Å². The summed E-state index contributed by atoms with van der Waals surface area (Å²) in [5, 5.41) is 30.5. The lowest BCUT2D eigenvalue weighted by molar-refractivity contribution is -0.161. The summed E-state index contributed by atoms with van der Waals surface area (Å²) in [7, 11) is -9.81. The molecule has 3 unspecified atom stereocenters. The summed E-state index contributed by atoms with van der Waals surface area (Å²) in [5.41, 5.74) is 0. The minimum absolute atomic E-state index is 0.0853. The van der Waals surface area contributed by atoms with Crippen LogP contribution >= 0.6 is 15.6 Å². The molecule has 0 aromatic rings. The Morgan fingerprint density at radius 3 is 1.59 bits per heavy atom. The number of hydrogen-bond acceptors (Lipinski definition) is 12. The van der Waals surface area contributed by atoms with Gasteiger partial charge in [0, 0.05) is 12.8 Å². The van der Waals surface area contributed by atoms with Crippen LogP contribution in [0.5, 0.6) is 0 Å². The normalized spacial score (nSPS) is 15.7. The maximum atomic E-state index is 12.7. The highest BCUT2D eigenvalue weighted by Crippen LogP contribution is 2.43. The second-order valence-electron chi connectivity index (χ2n) is 14.9. The standard InChI is InChI=1S/C46H78O15P2/c1-3-5-7-9-11-13-15-17-18-19-20-21-23-25-27-29-31-35-45(50)57-39-42(40-60-63(55,56)59-38-41(47)37-58-62(52,53)54)61-46(51)36-32-34-44(49)43(48)33-30-28-26-24-22-16-14-12-10-8-6-4-2/h5,7,11-14,17-18,20-22,24,28,30,41-44,47-49H,3-4,6,8-10,15-16,19,23,25-27,29,31-40H2,1-2H3,(H,55,56)(H2,52,53,54)/b7-5-,13-11-,14-12-,18-17-,21-20-,24-22-,30-28-/t41-,42+,43?,44?/m0/s1. The zero-order valence-corrected chi connectivity index (χ0v) is 39.4. The summed E-state index contributed by atoms with van der Waals surface area (Å²) in [6.07, 6.45) is 38.8. The van der Waals surface area contributed by atoms with Crippen LogP contribution in [0.3, 0.4) is 0 Å². The number of rotatable bonds is 41. The van der Waals surface area contributed by atoms with Gasteiger partial charge in [0.1, 0.15) is 12.7 Å². The third-order valence-corrected chi connectivity index (χ3v) is 10.4. The lowest BCUT2D eigenvalue weighted by atomic mass is 10.0. The monoisotopic (exact) mass is 932 g/mol. The number of aliphatic hydroxyl groups is 3. The lowest BCUT2D eigenvalue weighted by Crippen LogP contribution is -2.30. The van der Waals surface area contributed by atoms with Gasteiger partial charge in [0.05, 0.1) is 32.0 Å². The number of phosphoric acid groups is 2. The maximum Gasteiger partial charge on any atom is 0.472 e. The van der Waals surface area contributed by atoms with Crippen LogP contribution in [-0.4, -0.2) is 92.8 Å². The van der Waals surface area contributed by atoms with Gasteiger partial charge < -0.3 is 39.5 Å². The summed E-state index contributed by atoms with van der Waals surface area (Å²) < 4.78 is 47.6. The summed E-state index contributed by atoms with van der Waals surface area (Å²) in [6.45, 7) is 1.24. The third-order valence-electron chi connectivity index (χ3n) is 8.96. The van der Waals surface area contributed by atoms with Crippen molar-refractivity contribution in [2.75, 3.05) is 26.4 Å². The van der Waals surface area contributed by atoms with Crippen molar-refractivity contribution in [1.82, 2.24) is 0 Å². The fraction of sp³-hybridized carbons (Fsp3) is 0.652. The summed E-state index contributed by atoms with van der Waals surface area (Å²) in [5.74, 6) is -1.35. The molecule has 6 N–H and O–H groups in total. The van der Waals surface area contributed by atoms with Crippen LogP contribution in [0.4, 0.5) is 0 Å². The molecule has 0 radical (unpaired) electrons. The van der Waals surface area contributed by atoms with Crippen molar-refractivity contribution in [3.8, 4) is 0 Å². The van der Waals surface area contributed by atoms with Crippen LogP contribution in [0.15, 0.2) is 85.1 Å². The van der Waals surface area contributed by atoms with Crippen molar-refractivity contribution >= 4 is 27.6 Å². The second kappa shape index (κ2) is 40.7. The summed E-state index contributed by atoms with van der Waals surface area (Å²) in [6, 6.07) is 0. The van der Waals surface area contributed by atoms with Gasteiger partial charge in [0.25, 0.3) is 0 Å². The van der Waals surface area contributed by atoms with Gasteiger partial charge in [-0.05, 0) is 89.9 Å². The fourth-order valence-electron chi connectivity index (χ4n) is 5.44. The molecule has 0 aliphatic carbocycles. The Labute approximate surface area is 376 Å². The Hall–Kier alpha value is -2.78. The number of aliphatic hydroxyl groups excluding tert-OH is 3. The van der Waals surface area contributed by atoms with Crippen molar-refractivity contribution < 1.29 is 71.8 Å². The average molecular weight is 933 g/mol. The SMILES string of the molecule is CC/C=C\C/C=C\C/C=C\C/C=C\CCCCCCC(=O)OC[C@H](COP(=O)(O)OC[C@@H](O)COP(=O)(O)O)OC(=O)CCCC(O)C(O)C/C=C\C/C=C\C/C=C\CCCCC. The van der Waals surface area contributed by atoms with Crippen LogP contribution in [0.1, 0.15) is 142 Å². The number of phosphoric ester groups is 2. The highest BCUT2D eigenvalue weighted by molar-refractivity contribution is 7.47. The van der Waals surface area contributed by atoms with Crippen molar-refractivity contribution in [3.05, 3.63) is 85.1 Å². The molecule has 0 saturated carbocycles. The molecule has 15 nitrogen and oxygen atoms in total. The number of allylic oxidation sites excluding steroid dienone is 13. The average Bonchev–Trinajstić information content (AvgIpc) is 3.24. The minimum atomic E-state index is -4.90. The number of carbonyl (C=O) groups is 2. The topological polar surface area (TPSA) is 236 Å². The molecule has 0 rings (SSSR count). The van der Waals surface area contributed by atoms with Crippen molar-refractivity contribution in [2.24, 2.45) is 0 Å². The van der Waals surface area contributed by atoms with Crippen LogP contribution in [0, 0.1) is 0 Å². The molecule has 5 atom stereocenters. The highest BCUT2D eigenvalue weighted by atomic mass is 31.2. The van der Waals surface area contributed by atoms with Crippen LogP contribution in [0.2, 0.25) is 0 Å². The minimum Gasteiger partial charge on any atom is -0.462 e. The molecule has 0 aromatic carbocycles. The molecule has 0 heterocycles. The molecule has 0 bridgehead atoms. The lowest BCUT2D eigenvalue weighted by Gasteiger charge is -2.21. The van der Waals surface area contributed by atoms with E-state index in [-0.39, 0.29) is 32.1 Å². The van der Waals surface area contributed by atoms with Gasteiger partial charge in [-0.3, -0.25) is 23.2 Å². The van der Waals surface area contributed by atoms with Gasteiger partial charge in [-0.25, -0.2) is 9.13 Å². The van der Waals surface area contributed by atoms with E-state index < -0.39 is 78.4 Å². The second-order valence-corrected chi connectivity index (χ2v) is 17.6. The molecule has 17 heteroatoms. The van der Waals surface area contributed by atoms with Crippen molar-refractivity contribution in [2.45, 2.75) is 167 Å². The van der Waals surface area contributed by atoms with E-state index >= 15 is 0 Å². The van der Waals surface area contributed by atoms with E-state index in [2.05, 4.69) is 89.7 Å². The molecular formula is C46H78O15P2. The van der Waals surface area contributed by atoms with Crippen molar-refractivity contribution in [1.29, 1.82) is 0 Å². The third kappa shape index (κ3) is 42.9. The highest BCUT2D eigenvalue weighted by Gasteiger charge is 2.28. The fourth-order valence-corrected chi connectivity index (χ4v) is 6.60. The van der Waals surface area contributed by atoms with E-state index in [4.69, 9.17) is 23.8 Å². The van der Waals surface area contributed by atoms with E-state index in [0.29, 0.717) is 12.8 Å². The van der Waals surface area contributed by atoms with Gasteiger partial charge >= 0.3 is 27.6 Å². The molecule has 0 aliphatic rings. The zero-order valence-electron chi connectivity index (χ0n) is 37.6. The Morgan fingerprint density at radius 2 is 1.02 bits per heavy atom. The molecule has 362 valence electrons. The smallest absolute Gasteiger partial charge is 0.462 e. The number of unbranched alkanes of at least 4 members (excludes halogenated alkanes) is 7. The molecule has 0 aromatic heterocycles. The first-order valence-electron chi connectivity index (χ1n) is 22.4. The molecule has 0 saturated heterocycles. The largest absolute Gasteiger partial charge is 0.472 e. The predicted octanol–water partition coefficient (Wildman–Crippen LogP) is 9.50. The zero-order chi connectivity index (χ0) is 46.9. The molecule has 0 spiro atoms. The molecule has 63 heavy (non-hydrogen) atoms. The van der Waals surface area contributed by atoms with Crippen LogP contribution in [-0.2, 0) is 41.8 Å². The number of hydrogen-bond donors (Lipinski definition) is 6. The van der Waals surface area contributed by atoms with Crippen LogP contribution < -0.4 is 0 Å². The van der Waals surface area contributed by atoms with Gasteiger partial charge in [-0.1, -0.05) is 125 Å². The first-order valence-corrected chi connectivity index (χ1v) is 25.5. The van der Waals surface area contributed by atoms with E-state index in [1.807, 2.05) is 12.2 Å². The number of ether oxygens (including phenoxy) is 2. The number of esters is 2. The predicted molar refractivity (Wildman–Crippen MR) is 246 cm³/mol. The van der Waals surface area contributed by atoms with Gasteiger partial charge in [0.2, 0.25) is 0 Å². The molecule has 0 fully saturated rings. The first-order chi connectivity index (χ1) is 30.2. The molecule has 0 aliphatic heterocycles. The first kappa shape index (κ1) is 60.2. The molecule has 0 amide bonds.